The average molecular weight is 187 g/mol. The summed E-state index contributed by atoms with van der Waals surface area (Å²) in [6.07, 6.45) is 0. The number of rotatable bonds is 1. The molecule has 0 heterocycles. The van der Waals surface area contributed by atoms with E-state index in [1.54, 1.807) is 0 Å². The van der Waals surface area contributed by atoms with Gasteiger partial charge in [-0.05, 0) is 12.1 Å². The molecule has 2 N–H and O–H groups in total. The Kier molecular flexibility index (Phi) is 2.46. The molecular weight excluding hydrogens is 180 g/mol. The molecule has 3 nitrogen and oxygen atoms in total. The maximum absolute atomic E-state index is 12.8. The molecule has 0 atom stereocenters. The summed E-state index contributed by atoms with van der Waals surface area (Å²) in [5.41, 5.74) is 4.43. The molecule has 0 saturated carbocycles. The number of esters is 1. The Morgan fingerprint density at radius 1 is 1.46 bits per heavy atom. The molecule has 0 radical (unpaired) electrons. The lowest BCUT2D eigenvalue weighted by molar-refractivity contribution is 0.0601. The van der Waals surface area contributed by atoms with E-state index in [0.29, 0.717) is 0 Å². The number of carbonyl (C=O) groups is 1. The van der Waals surface area contributed by atoms with Crippen molar-refractivity contribution in [3.05, 3.63) is 29.3 Å². The third kappa shape index (κ3) is 1.58. The van der Waals surface area contributed by atoms with Crippen molar-refractivity contribution in [1.29, 1.82) is 0 Å². The van der Waals surface area contributed by atoms with Gasteiger partial charge >= 0.3 is 5.97 Å². The minimum absolute atomic E-state index is 0.179. The lowest BCUT2D eigenvalue weighted by Gasteiger charge is -2.04. The topological polar surface area (TPSA) is 52.3 Å². The van der Waals surface area contributed by atoms with Gasteiger partial charge in [0.15, 0.2) is 11.6 Å². The summed E-state index contributed by atoms with van der Waals surface area (Å²) in [5, 5.41) is 0. The van der Waals surface area contributed by atoms with E-state index in [2.05, 4.69) is 4.74 Å². The van der Waals surface area contributed by atoms with Gasteiger partial charge in [-0.1, -0.05) is 0 Å². The van der Waals surface area contributed by atoms with Crippen LogP contribution in [0, 0.1) is 11.6 Å². The molecular formula is C8H7F2NO2. The lowest BCUT2D eigenvalue weighted by atomic mass is 10.1. The Hall–Kier alpha value is -1.65. The Morgan fingerprint density at radius 3 is 2.62 bits per heavy atom. The third-order valence-corrected chi connectivity index (χ3v) is 1.54. The fourth-order valence-electron chi connectivity index (χ4n) is 0.854. The van der Waals surface area contributed by atoms with Crippen molar-refractivity contribution in [2.75, 3.05) is 12.8 Å². The van der Waals surface area contributed by atoms with Gasteiger partial charge in [0, 0.05) is 0 Å². The number of hydrogen-bond donors (Lipinski definition) is 1. The van der Waals surface area contributed by atoms with E-state index >= 15 is 0 Å². The largest absolute Gasteiger partial charge is 0.465 e. The number of carbonyl (C=O) groups excluding carboxylic acids is 1. The summed E-state index contributed by atoms with van der Waals surface area (Å²) in [5.74, 6) is -3.12. The Labute approximate surface area is 73.1 Å². The van der Waals surface area contributed by atoms with Crippen molar-refractivity contribution in [3.8, 4) is 0 Å². The zero-order valence-electron chi connectivity index (χ0n) is 6.80. The molecule has 1 rings (SSSR count). The summed E-state index contributed by atoms with van der Waals surface area (Å²) < 4.78 is 29.6. The minimum atomic E-state index is -1.23. The van der Waals surface area contributed by atoms with Gasteiger partial charge in [0.25, 0.3) is 0 Å². The van der Waals surface area contributed by atoms with E-state index in [4.69, 9.17) is 5.73 Å². The molecule has 5 heteroatoms. The molecule has 0 fully saturated rings. The van der Waals surface area contributed by atoms with Crippen molar-refractivity contribution in [2.24, 2.45) is 0 Å². The highest BCUT2D eigenvalue weighted by Gasteiger charge is 2.15. The molecule has 0 saturated heterocycles. The van der Waals surface area contributed by atoms with Crippen LogP contribution in [0.1, 0.15) is 10.4 Å². The van der Waals surface area contributed by atoms with Crippen molar-refractivity contribution in [2.45, 2.75) is 0 Å². The lowest BCUT2D eigenvalue weighted by Crippen LogP contribution is -2.08. The summed E-state index contributed by atoms with van der Waals surface area (Å²) >= 11 is 0. The SMILES string of the molecule is COC(=O)c1ccc(F)c(F)c1N. The molecule has 0 aromatic heterocycles. The van der Waals surface area contributed by atoms with E-state index in [1.165, 1.54) is 0 Å². The highest BCUT2D eigenvalue weighted by Crippen LogP contribution is 2.19. The standard InChI is InChI=1S/C8H7F2NO2/c1-13-8(12)4-2-3-5(9)6(10)7(4)11/h2-3H,11H2,1H3. The first-order valence-electron chi connectivity index (χ1n) is 3.39. The number of methoxy groups -OCH3 is 1. The second-order valence-corrected chi connectivity index (χ2v) is 2.31. The molecule has 0 unspecified atom stereocenters. The van der Waals surface area contributed by atoms with Crippen LogP contribution in [-0.2, 0) is 4.74 Å². The van der Waals surface area contributed by atoms with Crippen LogP contribution in [-0.4, -0.2) is 13.1 Å². The van der Waals surface area contributed by atoms with Crippen LogP contribution in [0.3, 0.4) is 0 Å². The van der Waals surface area contributed by atoms with Gasteiger partial charge in [-0.2, -0.15) is 0 Å². The van der Waals surface area contributed by atoms with Crippen LogP contribution in [0.25, 0.3) is 0 Å². The second-order valence-electron chi connectivity index (χ2n) is 2.31. The fourth-order valence-corrected chi connectivity index (χ4v) is 0.854. The van der Waals surface area contributed by atoms with E-state index < -0.39 is 23.3 Å². The maximum Gasteiger partial charge on any atom is 0.340 e. The summed E-state index contributed by atoms with van der Waals surface area (Å²) in [6, 6.07) is 1.89. The summed E-state index contributed by atoms with van der Waals surface area (Å²) in [6.45, 7) is 0. The zero-order chi connectivity index (χ0) is 10.0. The van der Waals surface area contributed by atoms with Gasteiger partial charge in [-0.15, -0.1) is 0 Å². The Morgan fingerprint density at radius 2 is 2.08 bits per heavy atom. The second kappa shape index (κ2) is 3.38. The third-order valence-electron chi connectivity index (χ3n) is 1.54. The van der Waals surface area contributed by atoms with Gasteiger partial charge in [0.1, 0.15) is 0 Å². The minimum Gasteiger partial charge on any atom is -0.465 e. The van der Waals surface area contributed by atoms with E-state index in [1.807, 2.05) is 0 Å². The quantitative estimate of drug-likeness (QED) is 0.533. The molecule has 70 valence electrons. The number of nitrogen functional groups attached to an aromatic ring is 1. The predicted molar refractivity (Wildman–Crippen MR) is 42.1 cm³/mol. The number of benzene rings is 1. The summed E-state index contributed by atoms with van der Waals surface area (Å²) in [7, 11) is 1.13. The van der Waals surface area contributed by atoms with Gasteiger partial charge < -0.3 is 10.5 Å². The van der Waals surface area contributed by atoms with Crippen LogP contribution < -0.4 is 5.73 Å². The van der Waals surface area contributed by atoms with Crippen LogP contribution >= 0.6 is 0 Å². The molecule has 0 aliphatic carbocycles. The molecule has 0 aliphatic heterocycles. The van der Waals surface area contributed by atoms with E-state index in [0.717, 1.165) is 19.2 Å². The van der Waals surface area contributed by atoms with Gasteiger partial charge in [-0.3, -0.25) is 0 Å². The molecule has 1 aromatic rings. The number of anilines is 1. The van der Waals surface area contributed by atoms with Crippen molar-refractivity contribution < 1.29 is 18.3 Å². The van der Waals surface area contributed by atoms with Crippen molar-refractivity contribution in [1.82, 2.24) is 0 Å². The number of ether oxygens (including phenoxy) is 1. The van der Waals surface area contributed by atoms with Crippen LogP contribution in [0.15, 0.2) is 12.1 Å². The smallest absolute Gasteiger partial charge is 0.340 e. The van der Waals surface area contributed by atoms with E-state index in [-0.39, 0.29) is 5.56 Å². The highest BCUT2D eigenvalue weighted by atomic mass is 19.2. The maximum atomic E-state index is 12.8. The van der Waals surface area contributed by atoms with Gasteiger partial charge in [0.2, 0.25) is 0 Å². The first-order chi connectivity index (χ1) is 6.07. The number of hydrogen-bond acceptors (Lipinski definition) is 3. The predicted octanol–water partition coefficient (Wildman–Crippen LogP) is 1.33. The van der Waals surface area contributed by atoms with Crippen LogP contribution in [0.4, 0.5) is 14.5 Å². The summed E-state index contributed by atoms with van der Waals surface area (Å²) in [4.78, 5) is 10.9. The fraction of sp³-hybridized carbons (Fsp3) is 0.125. The molecule has 1 aromatic carbocycles. The first-order valence-corrected chi connectivity index (χ1v) is 3.39. The molecule has 0 amide bonds. The number of nitrogens with two attached hydrogens (primary N) is 1. The molecule has 0 spiro atoms. The monoisotopic (exact) mass is 187 g/mol. The van der Waals surface area contributed by atoms with E-state index in [9.17, 15) is 13.6 Å². The van der Waals surface area contributed by atoms with Crippen LogP contribution in [0.5, 0.6) is 0 Å². The first kappa shape index (κ1) is 9.44. The Balaban J connectivity index is 3.26. The molecule has 13 heavy (non-hydrogen) atoms. The van der Waals surface area contributed by atoms with Crippen molar-refractivity contribution >= 4 is 11.7 Å². The normalized spacial score (nSPS) is 9.77. The van der Waals surface area contributed by atoms with Gasteiger partial charge in [0.05, 0.1) is 18.4 Å². The molecule has 0 aliphatic rings. The molecule has 0 bridgehead atoms. The number of halogens is 2. The average Bonchev–Trinajstić information content (AvgIpc) is 2.13. The Bertz CT molecular complexity index is 352. The zero-order valence-corrected chi connectivity index (χ0v) is 6.80. The van der Waals surface area contributed by atoms with Crippen LogP contribution in [0.2, 0.25) is 0 Å². The van der Waals surface area contributed by atoms with Gasteiger partial charge in [-0.25, -0.2) is 13.6 Å². The van der Waals surface area contributed by atoms with Crippen molar-refractivity contribution in [3.63, 3.8) is 0 Å². The highest BCUT2D eigenvalue weighted by molar-refractivity contribution is 5.95.